The lowest BCUT2D eigenvalue weighted by Gasteiger charge is -2.10. The molecule has 2 aromatic rings. The standard InChI is InChI=1S/C13H14N4O4/c1-9-3-4-11(21-2)10(5-9)15-13(18)7-16-6-12(14-8-16)17(19)20/h3-6,8H,7H2,1-2H3,(H,15,18). The normalized spacial score (nSPS) is 10.2. The van der Waals surface area contributed by atoms with Gasteiger partial charge in [-0.05, 0) is 34.5 Å². The predicted molar refractivity (Wildman–Crippen MR) is 75.2 cm³/mol. The van der Waals surface area contributed by atoms with Crippen molar-refractivity contribution < 1.29 is 14.5 Å². The SMILES string of the molecule is COc1ccc(C)cc1NC(=O)Cn1cnc([N+](=O)[O-])c1. The fourth-order valence-corrected chi connectivity index (χ4v) is 1.80. The number of nitrogens with one attached hydrogen (secondary N) is 1. The van der Waals surface area contributed by atoms with Crippen molar-refractivity contribution in [2.24, 2.45) is 0 Å². The quantitative estimate of drug-likeness (QED) is 0.668. The van der Waals surface area contributed by atoms with Gasteiger partial charge < -0.3 is 24.7 Å². The number of carbonyl (C=O) groups is 1. The lowest BCUT2D eigenvalue weighted by Crippen LogP contribution is -2.18. The highest BCUT2D eigenvalue weighted by atomic mass is 16.6. The molecule has 0 unspecified atom stereocenters. The Morgan fingerprint density at radius 1 is 1.52 bits per heavy atom. The van der Waals surface area contributed by atoms with E-state index in [1.54, 1.807) is 12.1 Å². The molecule has 0 aliphatic rings. The fraction of sp³-hybridized carbons (Fsp3) is 0.231. The van der Waals surface area contributed by atoms with Crippen molar-refractivity contribution >= 4 is 17.4 Å². The minimum absolute atomic E-state index is 0.0715. The zero-order valence-corrected chi connectivity index (χ0v) is 11.6. The minimum Gasteiger partial charge on any atom is -0.495 e. The monoisotopic (exact) mass is 290 g/mol. The van der Waals surface area contributed by atoms with Gasteiger partial charge >= 0.3 is 5.82 Å². The van der Waals surface area contributed by atoms with Crippen LogP contribution in [0.25, 0.3) is 0 Å². The first-order chi connectivity index (χ1) is 9.99. The van der Waals surface area contributed by atoms with Gasteiger partial charge in [0.05, 0.1) is 12.8 Å². The summed E-state index contributed by atoms with van der Waals surface area (Å²) >= 11 is 0. The highest BCUT2D eigenvalue weighted by Gasteiger charge is 2.13. The second kappa shape index (κ2) is 6.04. The third-order valence-corrected chi connectivity index (χ3v) is 2.76. The minimum atomic E-state index is -0.613. The van der Waals surface area contributed by atoms with Crippen LogP contribution in [0, 0.1) is 17.0 Å². The lowest BCUT2D eigenvalue weighted by atomic mass is 10.2. The summed E-state index contributed by atoms with van der Waals surface area (Å²) < 4.78 is 6.51. The third-order valence-electron chi connectivity index (χ3n) is 2.76. The average Bonchev–Trinajstić information content (AvgIpc) is 2.87. The maximum absolute atomic E-state index is 12.0. The molecule has 1 heterocycles. The van der Waals surface area contributed by atoms with E-state index in [0.29, 0.717) is 11.4 Å². The number of ether oxygens (including phenoxy) is 1. The first-order valence-corrected chi connectivity index (χ1v) is 6.10. The van der Waals surface area contributed by atoms with Crippen molar-refractivity contribution in [3.8, 4) is 5.75 Å². The molecule has 0 atom stereocenters. The van der Waals surface area contributed by atoms with Crippen LogP contribution in [0.1, 0.15) is 5.56 Å². The number of benzene rings is 1. The van der Waals surface area contributed by atoms with Crippen molar-refractivity contribution in [3.05, 3.63) is 46.4 Å². The topological polar surface area (TPSA) is 99.3 Å². The van der Waals surface area contributed by atoms with Crippen molar-refractivity contribution in [1.29, 1.82) is 0 Å². The Morgan fingerprint density at radius 2 is 2.29 bits per heavy atom. The van der Waals surface area contributed by atoms with Gasteiger partial charge in [-0.3, -0.25) is 4.79 Å². The number of aromatic nitrogens is 2. The third kappa shape index (κ3) is 3.56. The van der Waals surface area contributed by atoms with Gasteiger partial charge in [0.1, 0.15) is 18.5 Å². The Hall–Kier alpha value is -2.90. The van der Waals surface area contributed by atoms with Crippen LogP contribution in [0.4, 0.5) is 11.5 Å². The molecule has 0 aliphatic carbocycles. The number of imidazole rings is 1. The Bertz CT molecular complexity index is 681. The number of anilines is 1. The van der Waals surface area contributed by atoms with Crippen molar-refractivity contribution in [3.63, 3.8) is 0 Å². The van der Waals surface area contributed by atoms with Gasteiger partial charge in [0.15, 0.2) is 0 Å². The van der Waals surface area contributed by atoms with Gasteiger partial charge in [0, 0.05) is 0 Å². The number of carbonyl (C=O) groups excluding carboxylic acids is 1. The number of nitro groups is 1. The molecule has 110 valence electrons. The van der Waals surface area contributed by atoms with E-state index in [4.69, 9.17) is 4.74 Å². The summed E-state index contributed by atoms with van der Waals surface area (Å²) in [6, 6.07) is 5.41. The molecular formula is C13H14N4O4. The summed E-state index contributed by atoms with van der Waals surface area (Å²) in [4.78, 5) is 25.4. The summed E-state index contributed by atoms with van der Waals surface area (Å²) in [7, 11) is 1.51. The summed E-state index contributed by atoms with van der Waals surface area (Å²) in [5, 5.41) is 13.2. The number of methoxy groups -OCH3 is 1. The molecule has 0 fully saturated rings. The first kappa shape index (κ1) is 14.5. The van der Waals surface area contributed by atoms with Gasteiger partial charge in [-0.2, -0.15) is 0 Å². The van der Waals surface area contributed by atoms with Gasteiger partial charge in [-0.15, -0.1) is 0 Å². The Morgan fingerprint density at radius 3 is 2.90 bits per heavy atom. The van der Waals surface area contributed by atoms with Gasteiger partial charge in [-0.25, -0.2) is 0 Å². The molecule has 1 amide bonds. The van der Waals surface area contributed by atoms with Crippen molar-refractivity contribution in [2.75, 3.05) is 12.4 Å². The number of amides is 1. The maximum Gasteiger partial charge on any atom is 0.381 e. The highest BCUT2D eigenvalue weighted by Crippen LogP contribution is 2.25. The predicted octanol–water partition coefficient (Wildman–Crippen LogP) is 1.75. The lowest BCUT2D eigenvalue weighted by molar-refractivity contribution is -0.389. The molecule has 8 heteroatoms. The van der Waals surface area contributed by atoms with Gasteiger partial charge in [0.2, 0.25) is 12.2 Å². The molecular weight excluding hydrogens is 276 g/mol. The van der Waals surface area contributed by atoms with Gasteiger partial charge in [0.25, 0.3) is 0 Å². The van der Waals surface area contributed by atoms with Crippen LogP contribution >= 0.6 is 0 Å². The first-order valence-electron chi connectivity index (χ1n) is 6.10. The number of aryl methyl sites for hydroxylation is 1. The van der Waals surface area contributed by atoms with E-state index >= 15 is 0 Å². The van der Waals surface area contributed by atoms with Gasteiger partial charge in [-0.1, -0.05) is 6.07 Å². The molecule has 0 aliphatic heterocycles. The molecule has 0 saturated heterocycles. The Labute approximate surface area is 120 Å². The Kier molecular flexibility index (Phi) is 4.17. The van der Waals surface area contributed by atoms with Crippen LogP contribution in [0.3, 0.4) is 0 Å². The van der Waals surface area contributed by atoms with Crippen LogP contribution < -0.4 is 10.1 Å². The van der Waals surface area contributed by atoms with Crippen LogP contribution in [-0.4, -0.2) is 27.5 Å². The van der Waals surface area contributed by atoms with Crippen LogP contribution in [0.15, 0.2) is 30.7 Å². The number of hydrogen-bond acceptors (Lipinski definition) is 5. The number of hydrogen-bond donors (Lipinski definition) is 1. The van der Waals surface area contributed by atoms with E-state index in [-0.39, 0.29) is 18.3 Å². The summed E-state index contributed by atoms with van der Waals surface area (Å²) in [6.07, 6.45) is 2.44. The number of nitrogens with zero attached hydrogens (tertiary/aromatic N) is 3. The Balaban J connectivity index is 2.07. The molecule has 0 saturated carbocycles. The van der Waals surface area contributed by atoms with E-state index in [9.17, 15) is 14.9 Å². The largest absolute Gasteiger partial charge is 0.495 e. The van der Waals surface area contributed by atoms with Crippen LogP contribution in [-0.2, 0) is 11.3 Å². The van der Waals surface area contributed by atoms with Crippen LogP contribution in [0.5, 0.6) is 5.75 Å². The summed E-state index contributed by atoms with van der Waals surface area (Å²) in [6.45, 7) is 1.83. The molecule has 1 aromatic heterocycles. The molecule has 8 nitrogen and oxygen atoms in total. The second-order valence-electron chi connectivity index (χ2n) is 4.41. The van der Waals surface area contributed by atoms with E-state index in [1.807, 2.05) is 13.0 Å². The smallest absolute Gasteiger partial charge is 0.381 e. The molecule has 0 spiro atoms. The number of rotatable bonds is 5. The highest BCUT2D eigenvalue weighted by molar-refractivity contribution is 5.92. The van der Waals surface area contributed by atoms with E-state index in [0.717, 1.165) is 5.56 Å². The van der Waals surface area contributed by atoms with E-state index in [2.05, 4.69) is 10.3 Å². The molecule has 21 heavy (non-hydrogen) atoms. The molecule has 0 radical (unpaired) electrons. The molecule has 0 bridgehead atoms. The maximum atomic E-state index is 12.0. The zero-order chi connectivity index (χ0) is 15.4. The summed E-state index contributed by atoms with van der Waals surface area (Å²) in [5.41, 5.74) is 1.53. The fourth-order valence-electron chi connectivity index (χ4n) is 1.80. The summed E-state index contributed by atoms with van der Waals surface area (Å²) in [5.74, 6) is -0.0762. The average molecular weight is 290 g/mol. The molecule has 1 aromatic carbocycles. The van der Waals surface area contributed by atoms with Crippen LogP contribution in [0.2, 0.25) is 0 Å². The van der Waals surface area contributed by atoms with E-state index in [1.165, 1.54) is 24.2 Å². The molecule has 2 rings (SSSR count). The van der Waals surface area contributed by atoms with Crippen molar-refractivity contribution in [1.82, 2.24) is 9.55 Å². The zero-order valence-electron chi connectivity index (χ0n) is 11.6. The van der Waals surface area contributed by atoms with Crippen molar-refractivity contribution in [2.45, 2.75) is 13.5 Å². The second-order valence-corrected chi connectivity index (χ2v) is 4.41. The van der Waals surface area contributed by atoms with E-state index < -0.39 is 4.92 Å². The molecule has 1 N–H and O–H groups in total.